The summed E-state index contributed by atoms with van der Waals surface area (Å²) >= 11 is 0. The predicted molar refractivity (Wildman–Crippen MR) is 71.6 cm³/mol. The zero-order chi connectivity index (χ0) is 13.0. The van der Waals surface area contributed by atoms with Crippen LogP contribution in [0.2, 0.25) is 0 Å². The number of rotatable bonds is 4. The van der Waals surface area contributed by atoms with Crippen LogP contribution in [-0.4, -0.2) is 29.9 Å². The Bertz CT molecular complexity index is 253. The van der Waals surface area contributed by atoms with Crippen molar-refractivity contribution in [2.24, 2.45) is 17.6 Å². The van der Waals surface area contributed by atoms with E-state index < -0.39 is 0 Å². The summed E-state index contributed by atoms with van der Waals surface area (Å²) < 4.78 is 0. The largest absolute Gasteiger partial charge is 0.341 e. The maximum atomic E-state index is 12.2. The first-order valence-corrected chi connectivity index (χ1v) is 6.95. The Hall–Kier alpha value is -0.570. The van der Waals surface area contributed by atoms with Gasteiger partial charge in [-0.15, -0.1) is 0 Å². The molecule has 2 unspecified atom stereocenters. The van der Waals surface area contributed by atoms with E-state index in [0.717, 1.165) is 12.8 Å². The van der Waals surface area contributed by atoms with Crippen LogP contribution in [0.15, 0.2) is 0 Å². The molecule has 1 aliphatic rings. The first-order chi connectivity index (χ1) is 7.93. The summed E-state index contributed by atoms with van der Waals surface area (Å²) in [6.45, 7) is 6.47. The fraction of sp³-hybridized carbons (Fsp3) is 0.929. The van der Waals surface area contributed by atoms with Gasteiger partial charge in [-0.25, -0.2) is 0 Å². The Morgan fingerprint density at radius 1 is 1.35 bits per heavy atom. The average molecular weight is 240 g/mol. The lowest BCUT2D eigenvalue weighted by atomic mass is 9.84. The fourth-order valence-corrected chi connectivity index (χ4v) is 2.91. The molecule has 1 saturated carbocycles. The molecule has 0 aromatic carbocycles. The number of amides is 1. The molecule has 0 saturated heterocycles. The monoisotopic (exact) mass is 240 g/mol. The molecule has 17 heavy (non-hydrogen) atoms. The van der Waals surface area contributed by atoms with E-state index >= 15 is 0 Å². The van der Waals surface area contributed by atoms with Gasteiger partial charge in [-0.2, -0.15) is 0 Å². The average Bonchev–Trinajstić information content (AvgIpc) is 2.27. The highest BCUT2D eigenvalue weighted by Crippen LogP contribution is 2.27. The molecule has 1 amide bonds. The SMILES string of the molecule is CC(C)C[C@H](N)C(=O)N(C)C1CCCCC1C. The molecule has 0 aliphatic heterocycles. The summed E-state index contributed by atoms with van der Waals surface area (Å²) in [5.41, 5.74) is 5.98. The fourth-order valence-electron chi connectivity index (χ4n) is 2.91. The molecule has 2 N–H and O–H groups in total. The molecule has 1 aliphatic carbocycles. The molecular weight excluding hydrogens is 212 g/mol. The van der Waals surface area contributed by atoms with Gasteiger partial charge in [-0.3, -0.25) is 4.79 Å². The van der Waals surface area contributed by atoms with Crippen LogP contribution in [0, 0.1) is 11.8 Å². The number of nitrogens with two attached hydrogens (primary N) is 1. The third kappa shape index (κ3) is 3.98. The lowest BCUT2D eigenvalue weighted by molar-refractivity contribution is -0.135. The summed E-state index contributed by atoms with van der Waals surface area (Å²) in [5, 5.41) is 0. The van der Waals surface area contributed by atoms with E-state index in [9.17, 15) is 4.79 Å². The molecule has 0 bridgehead atoms. The van der Waals surface area contributed by atoms with E-state index in [0.29, 0.717) is 17.9 Å². The van der Waals surface area contributed by atoms with Crippen molar-refractivity contribution < 1.29 is 4.79 Å². The third-order valence-corrected chi connectivity index (χ3v) is 3.95. The Balaban J connectivity index is 2.55. The van der Waals surface area contributed by atoms with Crippen LogP contribution in [0.3, 0.4) is 0 Å². The zero-order valence-corrected chi connectivity index (χ0v) is 11.8. The summed E-state index contributed by atoms with van der Waals surface area (Å²) in [5.74, 6) is 1.22. The van der Waals surface area contributed by atoms with Gasteiger partial charge in [0.15, 0.2) is 0 Å². The van der Waals surface area contributed by atoms with Crippen LogP contribution in [0.5, 0.6) is 0 Å². The number of likely N-dealkylation sites (N-methyl/N-ethyl adjacent to an activating group) is 1. The van der Waals surface area contributed by atoms with Gasteiger partial charge in [0.25, 0.3) is 0 Å². The molecule has 1 fully saturated rings. The van der Waals surface area contributed by atoms with Gasteiger partial charge < -0.3 is 10.6 Å². The molecule has 3 atom stereocenters. The Kier molecular flexibility index (Phi) is 5.44. The lowest BCUT2D eigenvalue weighted by Crippen LogP contribution is -2.49. The van der Waals surface area contributed by atoms with Crippen molar-refractivity contribution in [3.05, 3.63) is 0 Å². The van der Waals surface area contributed by atoms with Crippen molar-refractivity contribution in [2.75, 3.05) is 7.05 Å². The summed E-state index contributed by atoms with van der Waals surface area (Å²) in [6, 6.07) is 0.0728. The molecule has 0 radical (unpaired) electrons. The number of nitrogens with zero attached hydrogens (tertiary/aromatic N) is 1. The summed E-state index contributed by atoms with van der Waals surface area (Å²) in [7, 11) is 1.93. The van der Waals surface area contributed by atoms with E-state index in [4.69, 9.17) is 5.73 Å². The first-order valence-electron chi connectivity index (χ1n) is 6.95. The quantitative estimate of drug-likeness (QED) is 0.820. The molecule has 0 aromatic rings. The maximum Gasteiger partial charge on any atom is 0.239 e. The lowest BCUT2D eigenvalue weighted by Gasteiger charge is -2.37. The molecule has 1 rings (SSSR count). The van der Waals surface area contributed by atoms with Crippen LogP contribution >= 0.6 is 0 Å². The van der Waals surface area contributed by atoms with Crippen molar-refractivity contribution in [2.45, 2.75) is 65.0 Å². The van der Waals surface area contributed by atoms with Crippen molar-refractivity contribution in [1.29, 1.82) is 0 Å². The van der Waals surface area contributed by atoms with Gasteiger partial charge in [0, 0.05) is 13.1 Å². The van der Waals surface area contributed by atoms with Gasteiger partial charge in [0.05, 0.1) is 6.04 Å². The Morgan fingerprint density at radius 2 is 1.94 bits per heavy atom. The second-order valence-corrected chi connectivity index (χ2v) is 6.01. The van der Waals surface area contributed by atoms with E-state index in [2.05, 4.69) is 20.8 Å². The second kappa shape index (κ2) is 6.39. The highest BCUT2D eigenvalue weighted by Gasteiger charge is 2.30. The standard InChI is InChI=1S/C14H28N2O/c1-10(2)9-12(15)14(17)16(4)13-8-6-5-7-11(13)3/h10-13H,5-9,15H2,1-4H3/t11?,12-,13?/m0/s1. The van der Waals surface area contributed by atoms with Crippen molar-refractivity contribution in [1.82, 2.24) is 4.90 Å². The van der Waals surface area contributed by atoms with E-state index in [-0.39, 0.29) is 11.9 Å². The van der Waals surface area contributed by atoms with Crippen LogP contribution in [0.25, 0.3) is 0 Å². The molecular formula is C14H28N2O. The summed E-state index contributed by atoms with van der Waals surface area (Å²) in [6.07, 6.45) is 5.70. The second-order valence-electron chi connectivity index (χ2n) is 6.01. The number of carbonyl (C=O) groups excluding carboxylic acids is 1. The Morgan fingerprint density at radius 3 is 2.47 bits per heavy atom. The van der Waals surface area contributed by atoms with Gasteiger partial charge in [0.1, 0.15) is 0 Å². The van der Waals surface area contributed by atoms with Crippen molar-refractivity contribution in [3.8, 4) is 0 Å². The van der Waals surface area contributed by atoms with Crippen molar-refractivity contribution >= 4 is 5.91 Å². The van der Waals surface area contributed by atoms with Gasteiger partial charge in [0.2, 0.25) is 5.91 Å². The first kappa shape index (κ1) is 14.5. The minimum atomic E-state index is -0.325. The van der Waals surface area contributed by atoms with Gasteiger partial charge in [-0.1, -0.05) is 33.6 Å². The van der Waals surface area contributed by atoms with E-state index in [1.807, 2.05) is 11.9 Å². The van der Waals surface area contributed by atoms with E-state index in [1.54, 1.807) is 0 Å². The minimum absolute atomic E-state index is 0.123. The topological polar surface area (TPSA) is 46.3 Å². The minimum Gasteiger partial charge on any atom is -0.341 e. The number of hydrogen-bond donors (Lipinski definition) is 1. The van der Waals surface area contributed by atoms with E-state index in [1.165, 1.54) is 19.3 Å². The predicted octanol–water partition coefficient (Wildman–Crippen LogP) is 2.40. The van der Waals surface area contributed by atoms with Crippen molar-refractivity contribution in [3.63, 3.8) is 0 Å². The summed E-state index contributed by atoms with van der Waals surface area (Å²) in [4.78, 5) is 14.1. The highest BCUT2D eigenvalue weighted by atomic mass is 16.2. The van der Waals surface area contributed by atoms with Crippen LogP contribution in [0.4, 0.5) is 0 Å². The molecule has 3 nitrogen and oxygen atoms in total. The Labute approximate surface area is 106 Å². The normalized spacial score (nSPS) is 26.9. The molecule has 100 valence electrons. The van der Waals surface area contributed by atoms with Gasteiger partial charge in [-0.05, 0) is 31.1 Å². The van der Waals surface area contributed by atoms with Crippen LogP contribution in [0.1, 0.15) is 52.9 Å². The zero-order valence-electron chi connectivity index (χ0n) is 11.8. The molecule has 0 aromatic heterocycles. The number of carbonyl (C=O) groups is 1. The van der Waals surface area contributed by atoms with Crippen LogP contribution in [-0.2, 0) is 4.79 Å². The van der Waals surface area contributed by atoms with Crippen LogP contribution < -0.4 is 5.73 Å². The third-order valence-electron chi connectivity index (χ3n) is 3.95. The molecule has 0 spiro atoms. The highest BCUT2D eigenvalue weighted by molar-refractivity contribution is 5.81. The smallest absolute Gasteiger partial charge is 0.239 e. The van der Waals surface area contributed by atoms with Gasteiger partial charge >= 0.3 is 0 Å². The molecule has 0 heterocycles. The molecule has 3 heteroatoms. The maximum absolute atomic E-state index is 12.2. The number of hydrogen-bond acceptors (Lipinski definition) is 2.